The van der Waals surface area contributed by atoms with Gasteiger partial charge in [-0.1, -0.05) is 37.1 Å². The molecule has 2 aromatic rings. The summed E-state index contributed by atoms with van der Waals surface area (Å²) in [4.78, 5) is 26.6. The minimum absolute atomic E-state index is 0.00602. The zero-order valence-electron chi connectivity index (χ0n) is 15.1. The highest BCUT2D eigenvalue weighted by molar-refractivity contribution is 6.34. The van der Waals surface area contributed by atoms with Gasteiger partial charge < -0.3 is 9.47 Å². The molecular formula is C20H17ClN2O5. The second-order valence-electron chi connectivity index (χ2n) is 6.03. The second-order valence-corrected chi connectivity index (χ2v) is 6.44. The number of nitro benzene ring substituents is 1. The van der Waals surface area contributed by atoms with E-state index in [1.807, 2.05) is 24.3 Å². The summed E-state index contributed by atoms with van der Waals surface area (Å²) in [6.07, 6.45) is 3.58. The van der Waals surface area contributed by atoms with E-state index in [4.69, 9.17) is 21.1 Å². The summed E-state index contributed by atoms with van der Waals surface area (Å²) >= 11 is 6.08. The van der Waals surface area contributed by atoms with Crippen molar-refractivity contribution in [2.24, 2.45) is 4.99 Å². The van der Waals surface area contributed by atoms with Crippen LogP contribution in [0.4, 0.5) is 5.69 Å². The van der Waals surface area contributed by atoms with E-state index in [9.17, 15) is 14.9 Å². The van der Waals surface area contributed by atoms with Crippen molar-refractivity contribution in [2.75, 3.05) is 6.61 Å². The van der Waals surface area contributed by atoms with Crippen molar-refractivity contribution in [3.05, 3.63) is 74.4 Å². The lowest BCUT2D eigenvalue weighted by atomic mass is 10.2. The van der Waals surface area contributed by atoms with Gasteiger partial charge in [0.15, 0.2) is 5.70 Å². The van der Waals surface area contributed by atoms with Crippen LogP contribution in [0.3, 0.4) is 0 Å². The Labute approximate surface area is 166 Å². The average molecular weight is 401 g/mol. The molecule has 0 fully saturated rings. The molecule has 0 N–H and O–H groups in total. The Morgan fingerprint density at radius 3 is 2.82 bits per heavy atom. The van der Waals surface area contributed by atoms with E-state index in [1.54, 1.807) is 6.08 Å². The fraction of sp³-hybridized carbons (Fsp3) is 0.200. The minimum atomic E-state index is -0.623. The molecule has 2 aromatic carbocycles. The molecule has 144 valence electrons. The van der Waals surface area contributed by atoms with E-state index in [0.29, 0.717) is 17.9 Å². The van der Waals surface area contributed by atoms with Crippen LogP contribution in [0.1, 0.15) is 30.9 Å². The van der Waals surface area contributed by atoms with Crippen LogP contribution in [-0.2, 0) is 9.53 Å². The first-order chi connectivity index (χ1) is 13.5. The predicted molar refractivity (Wildman–Crippen MR) is 106 cm³/mol. The SMILES string of the molecule is CCCCOc1cccc(C=C2N=C(c3ccc([N+](=O)[O-])cc3Cl)OC2=O)c1. The van der Waals surface area contributed by atoms with E-state index >= 15 is 0 Å². The lowest BCUT2D eigenvalue weighted by Gasteiger charge is -2.05. The second kappa shape index (κ2) is 8.67. The summed E-state index contributed by atoms with van der Waals surface area (Å²) < 4.78 is 10.8. The zero-order chi connectivity index (χ0) is 20.1. The number of rotatable bonds is 7. The van der Waals surface area contributed by atoms with Crippen LogP contribution in [0, 0.1) is 10.1 Å². The van der Waals surface area contributed by atoms with Crippen LogP contribution in [0.15, 0.2) is 53.2 Å². The molecule has 0 atom stereocenters. The van der Waals surface area contributed by atoms with Gasteiger partial charge in [0.1, 0.15) is 5.75 Å². The number of hydrogen-bond donors (Lipinski definition) is 0. The molecule has 3 rings (SSSR count). The van der Waals surface area contributed by atoms with Gasteiger partial charge in [-0.25, -0.2) is 9.79 Å². The topological polar surface area (TPSA) is 91.0 Å². The number of unbranched alkanes of at least 4 members (excludes halogenated alkanes) is 1. The fourth-order valence-corrected chi connectivity index (χ4v) is 2.76. The maximum Gasteiger partial charge on any atom is 0.363 e. The van der Waals surface area contributed by atoms with E-state index in [-0.39, 0.29) is 22.3 Å². The summed E-state index contributed by atoms with van der Waals surface area (Å²) in [6, 6.07) is 11.2. The van der Waals surface area contributed by atoms with Crippen molar-refractivity contribution in [3.63, 3.8) is 0 Å². The Bertz CT molecular complexity index is 984. The van der Waals surface area contributed by atoms with E-state index in [1.165, 1.54) is 18.2 Å². The highest BCUT2D eigenvalue weighted by Crippen LogP contribution is 2.27. The molecule has 0 unspecified atom stereocenters. The molecule has 0 aliphatic carbocycles. The monoisotopic (exact) mass is 400 g/mol. The van der Waals surface area contributed by atoms with E-state index < -0.39 is 10.9 Å². The van der Waals surface area contributed by atoms with Crippen molar-refractivity contribution in [1.29, 1.82) is 0 Å². The van der Waals surface area contributed by atoms with Crippen molar-refractivity contribution >= 4 is 35.2 Å². The number of esters is 1. The van der Waals surface area contributed by atoms with Gasteiger partial charge in [-0.05, 0) is 36.3 Å². The fourth-order valence-electron chi connectivity index (χ4n) is 2.50. The number of non-ortho nitro benzene ring substituents is 1. The number of halogens is 1. The predicted octanol–water partition coefficient (Wildman–Crippen LogP) is 4.77. The molecule has 28 heavy (non-hydrogen) atoms. The first-order valence-electron chi connectivity index (χ1n) is 8.67. The normalized spacial score (nSPS) is 14.7. The summed E-state index contributed by atoms with van der Waals surface area (Å²) in [7, 11) is 0. The summed E-state index contributed by atoms with van der Waals surface area (Å²) in [5, 5.41) is 10.9. The summed E-state index contributed by atoms with van der Waals surface area (Å²) in [6.45, 7) is 2.71. The zero-order valence-corrected chi connectivity index (χ0v) is 15.8. The van der Waals surface area contributed by atoms with Gasteiger partial charge in [-0.3, -0.25) is 10.1 Å². The van der Waals surface area contributed by atoms with Crippen molar-refractivity contribution in [3.8, 4) is 5.75 Å². The van der Waals surface area contributed by atoms with Gasteiger partial charge in [0.2, 0.25) is 5.90 Å². The summed E-state index contributed by atoms with van der Waals surface area (Å²) in [5.74, 6) is 0.0880. The van der Waals surface area contributed by atoms with Crippen molar-refractivity contribution in [2.45, 2.75) is 19.8 Å². The molecule has 0 saturated heterocycles. The van der Waals surface area contributed by atoms with Crippen LogP contribution in [0.5, 0.6) is 5.75 Å². The third-order valence-electron chi connectivity index (χ3n) is 3.94. The molecule has 1 aliphatic rings. The number of ether oxygens (including phenoxy) is 2. The van der Waals surface area contributed by atoms with E-state index in [0.717, 1.165) is 18.4 Å². The Morgan fingerprint density at radius 1 is 1.29 bits per heavy atom. The number of benzene rings is 2. The molecule has 7 nitrogen and oxygen atoms in total. The smallest absolute Gasteiger partial charge is 0.363 e. The Morgan fingerprint density at radius 2 is 2.11 bits per heavy atom. The standard InChI is InChI=1S/C20H17ClN2O5/c1-2-3-9-27-15-6-4-5-13(10-15)11-18-20(24)28-19(22-18)16-8-7-14(23(25)26)12-17(16)21/h4-8,10-12H,2-3,9H2,1H3. The Hall–Kier alpha value is -3.19. The third kappa shape index (κ3) is 4.55. The van der Waals surface area contributed by atoms with Gasteiger partial charge in [-0.15, -0.1) is 0 Å². The number of carbonyl (C=O) groups is 1. The number of carbonyl (C=O) groups excluding carboxylic acids is 1. The molecule has 0 radical (unpaired) electrons. The molecular weight excluding hydrogens is 384 g/mol. The Balaban J connectivity index is 1.84. The first-order valence-corrected chi connectivity index (χ1v) is 9.05. The molecule has 0 spiro atoms. The number of cyclic esters (lactones) is 1. The van der Waals surface area contributed by atoms with Crippen LogP contribution >= 0.6 is 11.6 Å². The quantitative estimate of drug-likeness (QED) is 0.219. The molecule has 0 amide bonds. The summed E-state index contributed by atoms with van der Waals surface area (Å²) in [5.41, 5.74) is 0.992. The van der Waals surface area contributed by atoms with Crippen molar-refractivity contribution < 1.29 is 19.2 Å². The van der Waals surface area contributed by atoms with Crippen molar-refractivity contribution in [1.82, 2.24) is 0 Å². The van der Waals surface area contributed by atoms with Gasteiger partial charge in [-0.2, -0.15) is 0 Å². The highest BCUT2D eigenvalue weighted by atomic mass is 35.5. The molecule has 1 heterocycles. The molecule has 1 aliphatic heterocycles. The molecule has 8 heteroatoms. The maximum absolute atomic E-state index is 12.2. The lowest BCUT2D eigenvalue weighted by Crippen LogP contribution is -2.06. The van der Waals surface area contributed by atoms with Crippen LogP contribution < -0.4 is 4.74 Å². The number of nitrogens with zero attached hydrogens (tertiary/aromatic N) is 2. The molecule has 0 bridgehead atoms. The largest absolute Gasteiger partial charge is 0.494 e. The average Bonchev–Trinajstić information content (AvgIpc) is 3.02. The maximum atomic E-state index is 12.2. The third-order valence-corrected chi connectivity index (χ3v) is 4.26. The molecule has 0 saturated carbocycles. The van der Waals surface area contributed by atoms with Gasteiger partial charge in [0.05, 0.1) is 22.1 Å². The number of hydrogen-bond acceptors (Lipinski definition) is 6. The van der Waals surface area contributed by atoms with Gasteiger partial charge in [0.25, 0.3) is 5.69 Å². The first kappa shape index (κ1) is 19.6. The Kier molecular flexibility index (Phi) is 6.06. The van der Waals surface area contributed by atoms with Crippen LogP contribution in [0.25, 0.3) is 6.08 Å². The van der Waals surface area contributed by atoms with Gasteiger partial charge in [0, 0.05) is 12.1 Å². The number of aliphatic imine (C=N–C) groups is 1. The number of nitro groups is 1. The highest BCUT2D eigenvalue weighted by Gasteiger charge is 2.26. The van der Waals surface area contributed by atoms with E-state index in [2.05, 4.69) is 11.9 Å². The van der Waals surface area contributed by atoms with Crippen LogP contribution in [0.2, 0.25) is 5.02 Å². The van der Waals surface area contributed by atoms with Gasteiger partial charge >= 0.3 is 5.97 Å². The minimum Gasteiger partial charge on any atom is -0.494 e. The lowest BCUT2D eigenvalue weighted by molar-refractivity contribution is -0.384. The van der Waals surface area contributed by atoms with Crippen LogP contribution in [-0.4, -0.2) is 23.4 Å². The molecule has 0 aromatic heterocycles.